The van der Waals surface area contributed by atoms with E-state index in [4.69, 9.17) is 4.74 Å². The first-order chi connectivity index (χ1) is 7.81. The van der Waals surface area contributed by atoms with Gasteiger partial charge >= 0.3 is 5.97 Å². The van der Waals surface area contributed by atoms with Gasteiger partial charge in [0.05, 0.1) is 5.56 Å². The number of ether oxygens (including phenoxy) is 1. The minimum Gasteiger partial charge on any atom is -0.459 e. The molecule has 0 unspecified atom stereocenters. The van der Waals surface area contributed by atoms with Crippen molar-refractivity contribution in [3.8, 4) is 0 Å². The largest absolute Gasteiger partial charge is 0.459 e. The second-order valence-corrected chi connectivity index (χ2v) is 4.11. The molecule has 1 aromatic rings. The summed E-state index contributed by atoms with van der Waals surface area (Å²) < 4.78 is 5.46. The van der Waals surface area contributed by atoms with Crippen molar-refractivity contribution in [3.05, 3.63) is 29.8 Å². The number of carbonyl (C=O) groups excluding carboxylic acids is 1. The number of carbonyl (C=O) groups is 1. The third-order valence-corrected chi connectivity index (χ3v) is 2.99. The van der Waals surface area contributed by atoms with E-state index in [0.29, 0.717) is 5.56 Å². The minimum atomic E-state index is -0.211. The van der Waals surface area contributed by atoms with Crippen LogP contribution in [0.25, 0.3) is 0 Å². The van der Waals surface area contributed by atoms with E-state index in [1.54, 1.807) is 6.07 Å². The quantitative estimate of drug-likeness (QED) is 0.794. The normalized spacial score (nSPS) is 16.1. The Kier molecular flexibility index (Phi) is 3.44. The number of benzene rings is 1. The maximum Gasteiger partial charge on any atom is 0.340 e. The highest BCUT2D eigenvalue weighted by Gasteiger charge is 2.21. The van der Waals surface area contributed by atoms with E-state index in [0.717, 1.165) is 18.5 Å². The molecule has 16 heavy (non-hydrogen) atoms. The van der Waals surface area contributed by atoms with Gasteiger partial charge in [-0.15, -0.1) is 0 Å². The molecule has 0 aromatic heterocycles. The Bertz CT molecular complexity index is 370. The molecular formula is C13H17NO2. The van der Waals surface area contributed by atoms with Gasteiger partial charge in [0.2, 0.25) is 0 Å². The zero-order valence-electron chi connectivity index (χ0n) is 9.53. The van der Waals surface area contributed by atoms with E-state index in [2.05, 4.69) is 5.32 Å². The first kappa shape index (κ1) is 11.0. The fourth-order valence-electron chi connectivity index (χ4n) is 2.10. The highest BCUT2D eigenvalue weighted by atomic mass is 16.5. The molecule has 0 radical (unpaired) electrons. The molecule has 2 rings (SSSR count). The Labute approximate surface area is 95.8 Å². The van der Waals surface area contributed by atoms with Crippen LogP contribution < -0.4 is 5.32 Å². The van der Waals surface area contributed by atoms with Gasteiger partial charge in [0.25, 0.3) is 0 Å². The average molecular weight is 219 g/mol. The van der Waals surface area contributed by atoms with Gasteiger partial charge in [-0.05, 0) is 37.8 Å². The average Bonchev–Trinajstić information content (AvgIpc) is 2.81. The molecule has 1 aromatic carbocycles. The molecule has 1 aliphatic carbocycles. The smallest absolute Gasteiger partial charge is 0.340 e. The molecule has 1 N–H and O–H groups in total. The van der Waals surface area contributed by atoms with Crippen LogP contribution in [0, 0.1) is 0 Å². The van der Waals surface area contributed by atoms with Crippen LogP contribution in [0.5, 0.6) is 0 Å². The van der Waals surface area contributed by atoms with E-state index < -0.39 is 0 Å². The Balaban J connectivity index is 2.07. The van der Waals surface area contributed by atoms with Crippen LogP contribution in [-0.4, -0.2) is 19.1 Å². The van der Waals surface area contributed by atoms with E-state index in [-0.39, 0.29) is 12.1 Å². The summed E-state index contributed by atoms with van der Waals surface area (Å²) in [6, 6.07) is 7.43. The summed E-state index contributed by atoms with van der Waals surface area (Å²) in [5.41, 5.74) is 1.45. The van der Waals surface area contributed by atoms with Crippen LogP contribution in [0.3, 0.4) is 0 Å². The molecule has 3 nitrogen and oxygen atoms in total. The van der Waals surface area contributed by atoms with Crippen LogP contribution in [0.4, 0.5) is 5.69 Å². The highest BCUT2D eigenvalue weighted by Crippen LogP contribution is 2.23. The Hall–Kier alpha value is -1.51. The molecule has 86 valence electrons. The number of hydrogen-bond acceptors (Lipinski definition) is 3. The number of para-hydroxylation sites is 1. The van der Waals surface area contributed by atoms with Crippen molar-refractivity contribution in [2.45, 2.75) is 31.8 Å². The van der Waals surface area contributed by atoms with Crippen molar-refractivity contribution in [2.75, 3.05) is 12.4 Å². The van der Waals surface area contributed by atoms with E-state index in [1.807, 2.05) is 25.2 Å². The van der Waals surface area contributed by atoms with Gasteiger partial charge in [0, 0.05) is 12.7 Å². The molecular weight excluding hydrogens is 202 g/mol. The summed E-state index contributed by atoms with van der Waals surface area (Å²) >= 11 is 0. The fourth-order valence-corrected chi connectivity index (χ4v) is 2.10. The van der Waals surface area contributed by atoms with Crippen molar-refractivity contribution in [1.29, 1.82) is 0 Å². The number of anilines is 1. The van der Waals surface area contributed by atoms with Crippen LogP contribution >= 0.6 is 0 Å². The number of rotatable bonds is 3. The summed E-state index contributed by atoms with van der Waals surface area (Å²) in [7, 11) is 1.81. The summed E-state index contributed by atoms with van der Waals surface area (Å²) in [6.07, 6.45) is 4.48. The molecule has 3 heteroatoms. The molecule has 0 spiro atoms. The molecule has 0 atom stereocenters. The monoisotopic (exact) mass is 219 g/mol. The molecule has 0 saturated heterocycles. The van der Waals surface area contributed by atoms with E-state index in [9.17, 15) is 4.79 Å². The fraction of sp³-hybridized carbons (Fsp3) is 0.462. The highest BCUT2D eigenvalue weighted by molar-refractivity contribution is 5.95. The first-order valence-electron chi connectivity index (χ1n) is 5.79. The maximum absolute atomic E-state index is 11.9. The van der Waals surface area contributed by atoms with Crippen LogP contribution in [0.15, 0.2) is 24.3 Å². The molecule has 0 heterocycles. The topological polar surface area (TPSA) is 38.3 Å². The molecule has 0 aliphatic heterocycles. The predicted molar refractivity (Wildman–Crippen MR) is 63.7 cm³/mol. The zero-order valence-corrected chi connectivity index (χ0v) is 9.53. The van der Waals surface area contributed by atoms with Crippen LogP contribution in [0.2, 0.25) is 0 Å². The van der Waals surface area contributed by atoms with Crippen molar-refractivity contribution < 1.29 is 9.53 Å². The van der Waals surface area contributed by atoms with Gasteiger partial charge in [-0.25, -0.2) is 4.79 Å². The third-order valence-electron chi connectivity index (χ3n) is 2.99. The summed E-state index contributed by atoms with van der Waals surface area (Å²) in [6.45, 7) is 0. The lowest BCUT2D eigenvalue weighted by atomic mass is 10.2. The van der Waals surface area contributed by atoms with Crippen LogP contribution in [-0.2, 0) is 4.74 Å². The Morgan fingerprint density at radius 1 is 1.31 bits per heavy atom. The van der Waals surface area contributed by atoms with Crippen molar-refractivity contribution in [2.24, 2.45) is 0 Å². The lowest BCUT2D eigenvalue weighted by molar-refractivity contribution is 0.0319. The summed E-state index contributed by atoms with van der Waals surface area (Å²) in [5, 5.41) is 3.00. The molecule has 1 aliphatic rings. The third kappa shape index (κ3) is 2.35. The van der Waals surface area contributed by atoms with Gasteiger partial charge in [-0.2, -0.15) is 0 Å². The lowest BCUT2D eigenvalue weighted by Crippen LogP contribution is -2.15. The second kappa shape index (κ2) is 5.01. The van der Waals surface area contributed by atoms with Gasteiger partial charge in [0.1, 0.15) is 6.10 Å². The minimum absolute atomic E-state index is 0.123. The van der Waals surface area contributed by atoms with Gasteiger partial charge in [0.15, 0.2) is 0 Å². The predicted octanol–water partition coefficient (Wildman–Crippen LogP) is 2.83. The van der Waals surface area contributed by atoms with Gasteiger partial charge in [-0.1, -0.05) is 12.1 Å². The second-order valence-electron chi connectivity index (χ2n) is 4.11. The lowest BCUT2D eigenvalue weighted by Gasteiger charge is -2.13. The van der Waals surface area contributed by atoms with Gasteiger partial charge < -0.3 is 10.1 Å². The zero-order chi connectivity index (χ0) is 11.4. The number of esters is 1. The Morgan fingerprint density at radius 2 is 2.00 bits per heavy atom. The number of hydrogen-bond donors (Lipinski definition) is 1. The number of nitrogens with one attached hydrogen (secondary N) is 1. The summed E-state index contributed by atoms with van der Waals surface area (Å²) in [4.78, 5) is 11.9. The Morgan fingerprint density at radius 3 is 2.69 bits per heavy atom. The maximum atomic E-state index is 11.9. The molecule has 0 bridgehead atoms. The van der Waals surface area contributed by atoms with Crippen molar-refractivity contribution >= 4 is 11.7 Å². The first-order valence-corrected chi connectivity index (χ1v) is 5.79. The molecule has 1 fully saturated rings. The molecule has 1 saturated carbocycles. The van der Waals surface area contributed by atoms with E-state index >= 15 is 0 Å². The molecule has 0 amide bonds. The van der Waals surface area contributed by atoms with Crippen molar-refractivity contribution in [1.82, 2.24) is 0 Å². The standard InChI is InChI=1S/C13H17NO2/c1-14-12-9-5-4-8-11(12)13(15)16-10-6-2-3-7-10/h4-5,8-10,14H,2-3,6-7H2,1H3. The SMILES string of the molecule is CNc1ccccc1C(=O)OC1CCCC1. The van der Waals surface area contributed by atoms with Gasteiger partial charge in [-0.3, -0.25) is 0 Å². The van der Waals surface area contributed by atoms with Crippen LogP contribution in [0.1, 0.15) is 36.0 Å². The van der Waals surface area contributed by atoms with Crippen molar-refractivity contribution in [3.63, 3.8) is 0 Å². The van der Waals surface area contributed by atoms with E-state index in [1.165, 1.54) is 12.8 Å². The summed E-state index contributed by atoms with van der Waals surface area (Å²) in [5.74, 6) is -0.211.